The van der Waals surface area contributed by atoms with Crippen molar-refractivity contribution in [2.24, 2.45) is 65.0 Å². The third-order valence-electron chi connectivity index (χ3n) is 13.5. The van der Waals surface area contributed by atoms with E-state index in [0.717, 1.165) is 0 Å². The van der Waals surface area contributed by atoms with Gasteiger partial charge < -0.3 is 212 Å². The van der Waals surface area contributed by atoms with Crippen molar-refractivity contribution in [1.29, 1.82) is 0 Å². The molecule has 42 nitrogen and oxygen atoms in total. The standard InChI is InChI=1S/2C11H22N2O6.12C5H10O2.2Dy.6Fe.2O/c2*14-4-10(5-15,6-16)12-2-1-3-13-11(7-17,8-18)9-19;12*1-5(2,3)4(6)7;;;;;;;;;;/h2*12-14,17H,1-9H2;12*1-3H3,(H,6,7);;;;;;;;;;/q2*-4;;;;;;;;;;;;;6*+3;2*+5;2*-2/p-12. The van der Waals surface area contributed by atoms with Gasteiger partial charge in [0.1, 0.15) is 0 Å². The largest absolute Gasteiger partial charge is 5.00 e. The molecular formula is C82H152Dy2Fe6N4O38+4. The average Bonchev–Trinajstić information content (AvgIpc) is 0.883. The van der Waals surface area contributed by atoms with Crippen LogP contribution in [0.1, 0.15) is 262 Å². The van der Waals surface area contributed by atoms with Crippen molar-refractivity contribution < 1.29 is 370 Å². The molecule has 0 aromatic rings. The minimum absolute atomic E-state index is 0. The van der Waals surface area contributed by atoms with Crippen molar-refractivity contribution in [1.82, 2.24) is 21.3 Å². The van der Waals surface area contributed by atoms with Gasteiger partial charge >= 0.3 is 179 Å². The predicted molar refractivity (Wildman–Crippen MR) is 414 cm³/mol. The normalized spacial score (nSPS) is 10.9. The molecule has 0 aromatic heterocycles. The van der Waals surface area contributed by atoms with Crippen molar-refractivity contribution in [3.05, 3.63) is 0 Å². The van der Waals surface area contributed by atoms with Gasteiger partial charge in [0.15, 0.2) is 0 Å². The predicted octanol–water partition coefficient (Wildman–Crippen LogP) is -15.9. The van der Waals surface area contributed by atoms with E-state index in [9.17, 15) is 160 Å². The van der Waals surface area contributed by atoms with E-state index in [1.165, 1.54) is 0 Å². The fraction of sp³-hybridized carbons (Fsp3) is 0.854. The summed E-state index contributed by atoms with van der Waals surface area (Å²) in [7, 11) is 0. The summed E-state index contributed by atoms with van der Waals surface area (Å²) in [6, 6.07) is 0. The third-order valence-corrected chi connectivity index (χ3v) is 13.5. The first-order valence-corrected chi connectivity index (χ1v) is 38.1. The Kier molecular flexibility index (Phi) is 135. The minimum Gasteiger partial charge on any atom is -2.00 e. The Balaban J connectivity index is -0.0000000439. The molecule has 0 atom stereocenters. The molecule has 0 spiro atoms. The number of carboxylic acids is 12. The van der Waals surface area contributed by atoms with Crippen LogP contribution in [-0.2, 0) is 171 Å². The Morgan fingerprint density at radius 1 is 0.189 bits per heavy atom. The van der Waals surface area contributed by atoms with E-state index in [2.05, 4.69) is 21.3 Å². The summed E-state index contributed by atoms with van der Waals surface area (Å²) in [5.74, 6) is -12.1. The second-order valence-corrected chi connectivity index (χ2v) is 39.8. The van der Waals surface area contributed by atoms with Gasteiger partial charge in [0.25, 0.3) is 0 Å². The second-order valence-electron chi connectivity index (χ2n) is 39.8. The van der Waals surface area contributed by atoms with Crippen molar-refractivity contribution in [3.8, 4) is 0 Å². The van der Waals surface area contributed by atoms with Crippen molar-refractivity contribution in [2.45, 2.75) is 284 Å². The first kappa shape index (κ1) is 193. The summed E-state index contributed by atoms with van der Waals surface area (Å²) in [5, 5.41) is 252. The van der Waals surface area contributed by atoms with Crippen LogP contribution in [-0.4, -0.2) is 220 Å². The van der Waals surface area contributed by atoms with Gasteiger partial charge in [0, 0.05) is 159 Å². The van der Waals surface area contributed by atoms with Crippen LogP contribution in [0.5, 0.6) is 0 Å². The second kappa shape index (κ2) is 92.0. The van der Waals surface area contributed by atoms with Crippen LogP contribution < -0.4 is 123 Å². The number of aliphatic hydroxyl groups is 4. The van der Waals surface area contributed by atoms with E-state index in [1.807, 2.05) is 0 Å². The molecule has 8 radical (unpaired) electrons. The Hall–Kier alpha value is -1.42. The summed E-state index contributed by atoms with van der Waals surface area (Å²) in [6.07, 6.45) is 0.896. The summed E-state index contributed by atoms with van der Waals surface area (Å²) in [6.45, 7) is 50.8. The van der Waals surface area contributed by atoms with Crippen molar-refractivity contribution in [2.75, 3.05) is 105 Å². The molecular weight excluding hydrogens is 2310 g/mol. The summed E-state index contributed by atoms with van der Waals surface area (Å²) in [4.78, 5) is 119. The number of aliphatic hydroxyl groups excluding tert-OH is 4. The monoisotopic (exact) mass is 2460 g/mol. The van der Waals surface area contributed by atoms with E-state index in [-0.39, 0.29) is 216 Å². The van der Waals surface area contributed by atoms with E-state index >= 15 is 0 Å². The molecule has 0 heterocycles. The number of carbonyl (C=O) groups excluding carboxylic acids is 12. The number of carboxylic acid groups (broad SMARTS) is 12. The Bertz CT molecular complexity index is 2230. The fourth-order valence-corrected chi connectivity index (χ4v) is 2.75. The first-order valence-electron chi connectivity index (χ1n) is 38.1. The maximum Gasteiger partial charge on any atom is 5.00 e. The average molecular weight is 2460 g/mol. The number of hydrogen-bond acceptors (Lipinski definition) is 40. The van der Waals surface area contributed by atoms with Gasteiger partial charge in [-0.15, -0.1) is 52.9 Å². The Labute approximate surface area is 908 Å². The number of carbonyl (C=O) groups is 12. The Morgan fingerprint density at radius 2 is 0.242 bits per heavy atom. The van der Waals surface area contributed by atoms with E-state index in [4.69, 9.17) is 20.4 Å². The number of hydrogen-bond donors (Lipinski definition) is 8. The molecule has 0 saturated carbocycles. The molecule has 0 aromatic carbocycles. The smallest absolute Gasteiger partial charge is 2.00 e. The number of aliphatic carboxylic acids is 12. The zero-order valence-corrected chi connectivity index (χ0v) is 93.8. The van der Waals surface area contributed by atoms with Crippen LogP contribution in [0.15, 0.2) is 0 Å². The van der Waals surface area contributed by atoms with Gasteiger partial charge in [0.2, 0.25) is 0 Å². The maximum atomic E-state index is 10.8. The third kappa shape index (κ3) is 131. The van der Waals surface area contributed by atoms with Crippen LogP contribution in [0.4, 0.5) is 0 Å². The fourth-order valence-electron chi connectivity index (χ4n) is 2.75. The van der Waals surface area contributed by atoms with Gasteiger partial charge in [0.05, 0.1) is 26.4 Å². The van der Waals surface area contributed by atoms with Crippen LogP contribution >= 0.6 is 0 Å². The molecule has 0 aliphatic carbocycles. The van der Waals surface area contributed by atoms with Crippen LogP contribution in [0.2, 0.25) is 0 Å². The first-order chi connectivity index (χ1) is 53.5. The molecule has 50 heteroatoms. The zero-order chi connectivity index (χ0) is 102. The van der Waals surface area contributed by atoms with Gasteiger partial charge in [-0.25, -0.2) is 0 Å². The Morgan fingerprint density at radius 3 is 0.273 bits per heavy atom. The maximum absolute atomic E-state index is 10.8. The van der Waals surface area contributed by atoms with Crippen LogP contribution in [0.3, 0.4) is 0 Å². The summed E-state index contributed by atoms with van der Waals surface area (Å²) in [5.41, 5.74) is -13.8. The summed E-state index contributed by atoms with van der Waals surface area (Å²) >= 11 is 0. The van der Waals surface area contributed by atoms with Gasteiger partial charge in [-0.2, -0.15) is 0 Å². The number of rotatable bonds is 24. The quantitative estimate of drug-likeness (QED) is 0.0329. The van der Waals surface area contributed by atoms with Crippen LogP contribution in [0, 0.1) is 141 Å². The zero-order valence-electron chi connectivity index (χ0n) is 83.2. The van der Waals surface area contributed by atoms with Crippen molar-refractivity contribution in [3.63, 3.8) is 0 Å². The van der Waals surface area contributed by atoms with E-state index in [1.54, 1.807) is 249 Å². The van der Waals surface area contributed by atoms with Gasteiger partial charge in [-0.1, -0.05) is 249 Å². The molecule has 0 bridgehead atoms. The van der Waals surface area contributed by atoms with Gasteiger partial charge in [-0.3, -0.25) is 0 Å². The molecule has 0 unspecified atom stereocenters. The summed E-state index contributed by atoms with van der Waals surface area (Å²) < 4.78 is 0. The molecule has 0 aliphatic heterocycles. The molecule has 792 valence electrons. The molecule has 0 aliphatic rings. The SMILES string of the molecule is CC(C)(C)C(=O)[O-].CC(C)(C)C(=O)[O-].CC(C)(C)C(=O)[O-].CC(C)(C)C(=O)[O-].CC(C)(C)C(=O)[O-].CC(C)(C)C(=O)[O-].CC(C)(C)C(=O)[O-].CC(C)(C)C(=O)[O-].CC(C)(C)C(=O)[O-].CC(C)(C)C(=O)[O-].CC(C)(C)C(=O)[O-].CC(C)(C)C(=O)[O-].[Dy+3].[Dy+3].[Fe+3].[Fe+3].[Fe+3].[Fe+3].[Fe+5].[Fe+5].[O-2].[O-2].[O-]CC(C[O-])(CO)NCCCNC(C[O-])(C[O-])CO.[O-]CC(C[O-])(CO)NCCCNC(C[O-])(C[O-])CO. The molecule has 0 saturated heterocycles. The molecule has 0 amide bonds. The van der Waals surface area contributed by atoms with E-state index < -0.39 is 238 Å². The van der Waals surface area contributed by atoms with Gasteiger partial charge in [-0.05, 0) is 39.0 Å². The van der Waals surface area contributed by atoms with E-state index in [0.29, 0.717) is 12.8 Å². The molecule has 132 heavy (non-hydrogen) atoms. The van der Waals surface area contributed by atoms with Crippen LogP contribution in [0.25, 0.3) is 0 Å². The minimum atomic E-state index is -1.36. The topological polar surface area (TPSA) is 852 Å². The molecule has 8 N–H and O–H groups in total. The molecule has 0 fully saturated rings. The molecule has 0 rings (SSSR count). The number of nitrogens with one attached hydrogen (secondary N) is 4. The van der Waals surface area contributed by atoms with Crippen molar-refractivity contribution >= 4 is 71.6 Å².